The quantitative estimate of drug-likeness (QED) is 0.765. The number of amides is 1. The van der Waals surface area contributed by atoms with Gasteiger partial charge in [-0.1, -0.05) is 19.8 Å². The first-order valence-corrected chi connectivity index (χ1v) is 6.80. The summed E-state index contributed by atoms with van der Waals surface area (Å²) in [5.41, 5.74) is 5.93. The monoisotopic (exact) mass is 250 g/mol. The zero-order valence-corrected chi connectivity index (χ0v) is 10.9. The van der Waals surface area contributed by atoms with Crippen molar-refractivity contribution in [2.24, 2.45) is 5.92 Å². The van der Waals surface area contributed by atoms with Gasteiger partial charge in [0.2, 0.25) is 0 Å². The average Bonchev–Trinajstić information content (AvgIpc) is 2.79. The number of nitrogen functional groups attached to an aromatic ring is 1. The molecule has 1 aliphatic rings. The third-order valence-corrected chi connectivity index (χ3v) is 3.72. The molecule has 1 aromatic heterocycles. The summed E-state index contributed by atoms with van der Waals surface area (Å²) in [5.74, 6) is 1.11. The van der Waals surface area contributed by atoms with Crippen molar-refractivity contribution in [2.45, 2.75) is 51.5 Å². The fourth-order valence-corrected chi connectivity index (χ4v) is 2.72. The van der Waals surface area contributed by atoms with Crippen LogP contribution >= 0.6 is 0 Å². The molecule has 1 fully saturated rings. The summed E-state index contributed by atoms with van der Waals surface area (Å²) in [6, 6.07) is 1.87. The molecule has 18 heavy (non-hydrogen) atoms. The van der Waals surface area contributed by atoms with E-state index in [4.69, 9.17) is 5.73 Å². The van der Waals surface area contributed by atoms with Gasteiger partial charge in [-0.15, -0.1) is 0 Å². The summed E-state index contributed by atoms with van der Waals surface area (Å²) in [5, 5.41) is 9.44. The van der Waals surface area contributed by atoms with Crippen molar-refractivity contribution in [3.05, 3.63) is 11.8 Å². The first-order chi connectivity index (χ1) is 8.69. The second-order valence-corrected chi connectivity index (χ2v) is 5.19. The van der Waals surface area contributed by atoms with Gasteiger partial charge in [0.15, 0.2) is 0 Å². The number of nitrogens with two attached hydrogens (primary N) is 1. The minimum Gasteiger partial charge on any atom is -0.382 e. The predicted molar refractivity (Wildman–Crippen MR) is 71.1 cm³/mol. The Labute approximate surface area is 108 Å². The Morgan fingerprint density at radius 1 is 1.50 bits per heavy atom. The maximum absolute atomic E-state index is 11.9. The summed E-state index contributed by atoms with van der Waals surface area (Å²) in [4.78, 5) is 11.9. The van der Waals surface area contributed by atoms with Gasteiger partial charge in [0.1, 0.15) is 11.5 Å². The van der Waals surface area contributed by atoms with Gasteiger partial charge in [0, 0.05) is 12.1 Å². The van der Waals surface area contributed by atoms with Gasteiger partial charge in [-0.05, 0) is 31.6 Å². The van der Waals surface area contributed by atoms with Crippen molar-refractivity contribution in [2.75, 3.05) is 5.73 Å². The zero-order chi connectivity index (χ0) is 13.0. The van der Waals surface area contributed by atoms with Crippen LogP contribution in [0, 0.1) is 5.92 Å². The van der Waals surface area contributed by atoms with Crippen molar-refractivity contribution in [1.82, 2.24) is 15.5 Å². The van der Waals surface area contributed by atoms with Gasteiger partial charge in [-0.2, -0.15) is 5.10 Å². The lowest BCUT2D eigenvalue weighted by molar-refractivity contribution is 0.0916. The van der Waals surface area contributed by atoms with Gasteiger partial charge in [0.05, 0.1) is 0 Å². The summed E-state index contributed by atoms with van der Waals surface area (Å²) >= 11 is 0. The second kappa shape index (κ2) is 5.89. The number of nitrogens with one attached hydrogen (secondary N) is 2. The molecule has 0 atom stereocenters. The number of anilines is 1. The molecule has 0 radical (unpaired) electrons. The molecule has 0 unspecified atom stereocenters. The van der Waals surface area contributed by atoms with Crippen LogP contribution in [0.3, 0.4) is 0 Å². The molecular weight excluding hydrogens is 228 g/mol. The number of carbonyl (C=O) groups is 1. The van der Waals surface area contributed by atoms with E-state index in [-0.39, 0.29) is 5.91 Å². The van der Waals surface area contributed by atoms with E-state index in [2.05, 4.69) is 22.4 Å². The fourth-order valence-electron chi connectivity index (χ4n) is 2.72. The van der Waals surface area contributed by atoms with Crippen LogP contribution in [0.25, 0.3) is 0 Å². The smallest absolute Gasteiger partial charge is 0.269 e. The number of nitrogens with zero attached hydrogens (tertiary/aromatic N) is 1. The highest BCUT2D eigenvalue weighted by molar-refractivity contribution is 5.93. The van der Waals surface area contributed by atoms with Crippen LogP contribution in [-0.4, -0.2) is 22.1 Å². The van der Waals surface area contributed by atoms with E-state index in [0.717, 1.165) is 18.8 Å². The number of H-pyrrole nitrogens is 1. The van der Waals surface area contributed by atoms with E-state index in [9.17, 15) is 4.79 Å². The molecule has 1 saturated carbocycles. The Bertz CT molecular complexity index is 393. The molecule has 4 N–H and O–H groups in total. The maximum atomic E-state index is 11.9. The molecule has 1 aromatic rings. The van der Waals surface area contributed by atoms with Crippen LogP contribution in [0.2, 0.25) is 0 Å². The maximum Gasteiger partial charge on any atom is 0.269 e. The Morgan fingerprint density at radius 2 is 2.22 bits per heavy atom. The molecule has 5 nitrogen and oxygen atoms in total. The minimum absolute atomic E-state index is 0.0989. The lowest BCUT2D eigenvalue weighted by atomic mass is 9.83. The molecule has 1 aliphatic carbocycles. The molecule has 0 aromatic carbocycles. The third kappa shape index (κ3) is 3.24. The van der Waals surface area contributed by atoms with Crippen molar-refractivity contribution in [3.8, 4) is 0 Å². The Morgan fingerprint density at radius 3 is 2.78 bits per heavy atom. The highest BCUT2D eigenvalue weighted by Gasteiger charge is 2.22. The highest BCUT2D eigenvalue weighted by Crippen LogP contribution is 2.27. The molecule has 0 saturated heterocycles. The Hall–Kier alpha value is -1.52. The molecule has 0 bridgehead atoms. The van der Waals surface area contributed by atoms with Crippen molar-refractivity contribution < 1.29 is 4.79 Å². The van der Waals surface area contributed by atoms with Crippen LogP contribution < -0.4 is 11.1 Å². The lowest BCUT2D eigenvalue weighted by Crippen LogP contribution is -2.37. The number of aromatic nitrogens is 2. The summed E-state index contributed by atoms with van der Waals surface area (Å²) in [6.45, 7) is 2.23. The van der Waals surface area contributed by atoms with Gasteiger partial charge >= 0.3 is 0 Å². The number of aromatic amines is 1. The molecule has 1 amide bonds. The molecular formula is C13H22N4O. The molecule has 0 aliphatic heterocycles. The van der Waals surface area contributed by atoms with Crippen molar-refractivity contribution in [1.29, 1.82) is 0 Å². The van der Waals surface area contributed by atoms with E-state index in [0.29, 0.717) is 17.6 Å². The van der Waals surface area contributed by atoms with Crippen LogP contribution in [0.1, 0.15) is 55.9 Å². The van der Waals surface area contributed by atoms with Gasteiger partial charge in [-0.3, -0.25) is 9.89 Å². The molecule has 100 valence electrons. The zero-order valence-electron chi connectivity index (χ0n) is 10.9. The van der Waals surface area contributed by atoms with Crippen LogP contribution in [0.4, 0.5) is 5.82 Å². The number of rotatable bonds is 4. The SMILES string of the molecule is CCCC1CCC(NC(=O)c2cc(N)n[nH]2)CC1. The first-order valence-electron chi connectivity index (χ1n) is 6.80. The molecule has 0 spiro atoms. The average molecular weight is 250 g/mol. The third-order valence-electron chi connectivity index (χ3n) is 3.72. The van der Waals surface area contributed by atoms with E-state index in [1.54, 1.807) is 6.07 Å². The number of hydrogen-bond donors (Lipinski definition) is 3. The van der Waals surface area contributed by atoms with Gasteiger partial charge in [-0.25, -0.2) is 0 Å². The normalized spacial score (nSPS) is 23.8. The topological polar surface area (TPSA) is 83.8 Å². The van der Waals surface area contributed by atoms with Crippen molar-refractivity contribution >= 4 is 11.7 Å². The van der Waals surface area contributed by atoms with Crippen LogP contribution in [0.15, 0.2) is 6.07 Å². The summed E-state index contributed by atoms with van der Waals surface area (Å²) in [6.07, 6.45) is 7.20. The van der Waals surface area contributed by atoms with Crippen LogP contribution in [-0.2, 0) is 0 Å². The van der Waals surface area contributed by atoms with E-state index >= 15 is 0 Å². The second-order valence-electron chi connectivity index (χ2n) is 5.19. The summed E-state index contributed by atoms with van der Waals surface area (Å²) in [7, 11) is 0. The standard InChI is InChI=1S/C13H22N4O/c1-2-3-9-4-6-10(7-5-9)15-13(18)11-8-12(14)17-16-11/h8-10H,2-7H2,1H3,(H,15,18)(H3,14,16,17). The molecule has 1 heterocycles. The highest BCUT2D eigenvalue weighted by atomic mass is 16.2. The van der Waals surface area contributed by atoms with E-state index in [1.807, 2.05) is 0 Å². The Kier molecular flexibility index (Phi) is 4.23. The first kappa shape index (κ1) is 12.9. The minimum atomic E-state index is -0.0989. The number of hydrogen-bond acceptors (Lipinski definition) is 3. The van der Waals surface area contributed by atoms with E-state index < -0.39 is 0 Å². The van der Waals surface area contributed by atoms with E-state index in [1.165, 1.54) is 25.7 Å². The summed E-state index contributed by atoms with van der Waals surface area (Å²) < 4.78 is 0. The van der Waals surface area contributed by atoms with Crippen LogP contribution in [0.5, 0.6) is 0 Å². The number of carbonyl (C=O) groups excluding carboxylic acids is 1. The molecule has 5 heteroatoms. The van der Waals surface area contributed by atoms with Crippen molar-refractivity contribution in [3.63, 3.8) is 0 Å². The Balaban J connectivity index is 1.79. The van der Waals surface area contributed by atoms with Gasteiger partial charge < -0.3 is 11.1 Å². The largest absolute Gasteiger partial charge is 0.382 e. The lowest BCUT2D eigenvalue weighted by Gasteiger charge is -2.28. The molecule has 2 rings (SSSR count). The predicted octanol–water partition coefficient (Wildman–Crippen LogP) is 2.08. The van der Waals surface area contributed by atoms with Gasteiger partial charge in [0.25, 0.3) is 5.91 Å². The fraction of sp³-hybridized carbons (Fsp3) is 0.692.